The molecule has 5 heteroatoms. The minimum absolute atomic E-state index is 0.578. The molecule has 16 heavy (non-hydrogen) atoms. The van der Waals surface area contributed by atoms with Crippen molar-refractivity contribution < 1.29 is 4.74 Å². The van der Waals surface area contributed by atoms with Gasteiger partial charge in [0.15, 0.2) is 10.8 Å². The smallest absolute Gasteiger partial charge is 0.182 e. The Morgan fingerprint density at radius 1 is 1.38 bits per heavy atom. The van der Waals surface area contributed by atoms with E-state index in [0.717, 1.165) is 36.4 Å². The van der Waals surface area contributed by atoms with Crippen LogP contribution in [-0.2, 0) is 4.74 Å². The quantitative estimate of drug-likeness (QED) is 0.823. The zero-order chi connectivity index (χ0) is 11.0. The average molecular weight is 235 g/mol. The maximum Gasteiger partial charge on any atom is 0.182 e. The summed E-state index contributed by atoms with van der Waals surface area (Å²) in [5.74, 6) is 0.578. The van der Waals surface area contributed by atoms with E-state index in [1.54, 1.807) is 0 Å². The predicted molar refractivity (Wildman–Crippen MR) is 64.6 cm³/mol. The summed E-state index contributed by atoms with van der Waals surface area (Å²) < 4.78 is 6.45. The zero-order valence-electron chi connectivity index (χ0n) is 8.85. The molecule has 84 valence electrons. The van der Waals surface area contributed by atoms with E-state index in [1.165, 1.54) is 16.9 Å². The molecule has 1 aliphatic heterocycles. The maximum atomic E-state index is 5.67. The Hall–Kier alpha value is -1.20. The highest BCUT2D eigenvalue weighted by atomic mass is 32.1. The van der Waals surface area contributed by atoms with Crippen LogP contribution in [-0.4, -0.2) is 23.2 Å². The van der Waals surface area contributed by atoms with E-state index in [2.05, 4.69) is 16.0 Å². The molecule has 2 aromatic heterocycles. The lowest BCUT2D eigenvalue weighted by Crippen LogP contribution is -2.14. The summed E-state index contributed by atoms with van der Waals surface area (Å²) >= 11 is 1.50. The fourth-order valence-electron chi connectivity index (χ4n) is 2.11. The first-order valence-corrected chi connectivity index (χ1v) is 6.24. The van der Waals surface area contributed by atoms with Crippen molar-refractivity contribution in [2.24, 2.45) is 0 Å². The average Bonchev–Trinajstić information content (AvgIpc) is 2.69. The van der Waals surface area contributed by atoms with Gasteiger partial charge in [0, 0.05) is 19.4 Å². The number of nitrogens with zero attached hydrogens (tertiary/aromatic N) is 2. The third kappa shape index (κ3) is 1.76. The Bertz CT molecular complexity index is 505. The van der Waals surface area contributed by atoms with Crippen LogP contribution in [0.2, 0.25) is 0 Å². The molecule has 1 saturated heterocycles. The minimum atomic E-state index is 0.578. The summed E-state index contributed by atoms with van der Waals surface area (Å²) in [5, 5.41) is 0.589. The van der Waals surface area contributed by atoms with E-state index in [9.17, 15) is 0 Å². The van der Waals surface area contributed by atoms with E-state index >= 15 is 0 Å². The van der Waals surface area contributed by atoms with Gasteiger partial charge in [0.25, 0.3) is 0 Å². The fourth-order valence-corrected chi connectivity index (χ4v) is 2.85. The lowest BCUT2D eigenvalue weighted by molar-refractivity contribution is 0.0853. The van der Waals surface area contributed by atoms with Crippen molar-refractivity contribution in [3.63, 3.8) is 0 Å². The molecule has 0 aromatic carbocycles. The summed E-state index contributed by atoms with van der Waals surface area (Å²) in [6, 6.07) is 2.17. The normalized spacial score (nSPS) is 18.0. The first kappa shape index (κ1) is 9.99. The van der Waals surface area contributed by atoms with Gasteiger partial charge in [-0.1, -0.05) is 11.3 Å². The highest BCUT2D eigenvalue weighted by Gasteiger charge is 2.17. The molecule has 0 bridgehead atoms. The SMILES string of the molecule is Nc1nc2ncc(C3CCOCC3)cc2s1. The Kier molecular flexibility index (Phi) is 2.49. The fraction of sp³-hybridized carbons (Fsp3) is 0.455. The molecule has 3 heterocycles. The Morgan fingerprint density at radius 2 is 2.19 bits per heavy atom. The first-order chi connectivity index (χ1) is 7.83. The Labute approximate surface area is 97.5 Å². The molecule has 3 rings (SSSR count). The van der Waals surface area contributed by atoms with Crippen molar-refractivity contribution in [3.05, 3.63) is 17.8 Å². The first-order valence-electron chi connectivity index (χ1n) is 5.42. The van der Waals surface area contributed by atoms with Crippen LogP contribution in [0.25, 0.3) is 10.3 Å². The van der Waals surface area contributed by atoms with Crippen molar-refractivity contribution in [1.29, 1.82) is 0 Å². The molecule has 0 spiro atoms. The number of anilines is 1. The number of pyridine rings is 1. The van der Waals surface area contributed by atoms with Gasteiger partial charge in [0.2, 0.25) is 0 Å². The number of fused-ring (bicyclic) bond motifs is 1. The molecular formula is C11H13N3OS. The van der Waals surface area contributed by atoms with E-state index in [0.29, 0.717) is 11.0 Å². The van der Waals surface area contributed by atoms with Crippen LogP contribution in [0.4, 0.5) is 5.13 Å². The van der Waals surface area contributed by atoms with Gasteiger partial charge >= 0.3 is 0 Å². The summed E-state index contributed by atoms with van der Waals surface area (Å²) in [6.07, 6.45) is 4.10. The number of hydrogen-bond acceptors (Lipinski definition) is 5. The molecule has 2 aromatic rings. The van der Waals surface area contributed by atoms with Gasteiger partial charge in [0.1, 0.15) is 0 Å². The lowest BCUT2D eigenvalue weighted by Gasteiger charge is -2.21. The zero-order valence-corrected chi connectivity index (χ0v) is 9.67. The van der Waals surface area contributed by atoms with Crippen molar-refractivity contribution in [2.45, 2.75) is 18.8 Å². The summed E-state index contributed by atoms with van der Waals surface area (Å²) in [7, 11) is 0. The second kappa shape index (κ2) is 3.99. The highest BCUT2D eigenvalue weighted by Crippen LogP contribution is 2.30. The van der Waals surface area contributed by atoms with E-state index < -0.39 is 0 Å². The van der Waals surface area contributed by atoms with Crippen molar-refractivity contribution >= 4 is 26.8 Å². The van der Waals surface area contributed by atoms with Gasteiger partial charge in [-0.25, -0.2) is 9.97 Å². The largest absolute Gasteiger partial charge is 0.381 e. The third-order valence-corrected chi connectivity index (χ3v) is 3.80. The molecule has 0 unspecified atom stereocenters. The number of ether oxygens (including phenoxy) is 1. The van der Waals surface area contributed by atoms with E-state index in [-0.39, 0.29) is 0 Å². The van der Waals surface area contributed by atoms with E-state index in [4.69, 9.17) is 10.5 Å². The molecule has 4 nitrogen and oxygen atoms in total. The van der Waals surface area contributed by atoms with Crippen LogP contribution in [0.5, 0.6) is 0 Å². The molecule has 0 radical (unpaired) electrons. The van der Waals surface area contributed by atoms with Crippen LogP contribution in [0.3, 0.4) is 0 Å². The number of aromatic nitrogens is 2. The molecule has 1 aliphatic rings. The minimum Gasteiger partial charge on any atom is -0.381 e. The summed E-state index contributed by atoms with van der Waals surface area (Å²) in [5.41, 5.74) is 7.72. The van der Waals surface area contributed by atoms with Gasteiger partial charge in [-0.2, -0.15) is 0 Å². The number of hydrogen-bond donors (Lipinski definition) is 1. The summed E-state index contributed by atoms with van der Waals surface area (Å²) in [4.78, 5) is 8.52. The van der Waals surface area contributed by atoms with Crippen LogP contribution < -0.4 is 5.73 Å². The van der Waals surface area contributed by atoms with Gasteiger partial charge in [-0.15, -0.1) is 0 Å². The molecule has 0 atom stereocenters. The van der Waals surface area contributed by atoms with Crippen molar-refractivity contribution in [3.8, 4) is 0 Å². The van der Waals surface area contributed by atoms with Crippen LogP contribution in [0, 0.1) is 0 Å². The predicted octanol–water partition coefficient (Wildman–Crippen LogP) is 2.17. The number of nitrogen functional groups attached to an aromatic ring is 1. The number of thiazole rings is 1. The van der Waals surface area contributed by atoms with Crippen LogP contribution in [0.15, 0.2) is 12.3 Å². The molecule has 0 saturated carbocycles. The Balaban J connectivity index is 1.97. The highest BCUT2D eigenvalue weighted by molar-refractivity contribution is 7.22. The van der Waals surface area contributed by atoms with Gasteiger partial charge in [-0.3, -0.25) is 0 Å². The Morgan fingerprint density at radius 3 is 3.00 bits per heavy atom. The van der Waals surface area contributed by atoms with E-state index in [1.807, 2.05) is 6.20 Å². The van der Waals surface area contributed by atoms with Crippen molar-refractivity contribution in [1.82, 2.24) is 9.97 Å². The number of nitrogens with two attached hydrogens (primary N) is 1. The third-order valence-electron chi connectivity index (χ3n) is 2.98. The van der Waals surface area contributed by atoms with Gasteiger partial charge in [-0.05, 0) is 30.4 Å². The monoisotopic (exact) mass is 235 g/mol. The van der Waals surface area contributed by atoms with Gasteiger partial charge < -0.3 is 10.5 Å². The van der Waals surface area contributed by atoms with Gasteiger partial charge in [0.05, 0.1) is 4.70 Å². The van der Waals surface area contributed by atoms with Crippen LogP contribution >= 0.6 is 11.3 Å². The van der Waals surface area contributed by atoms with Crippen molar-refractivity contribution in [2.75, 3.05) is 18.9 Å². The maximum absolute atomic E-state index is 5.67. The topological polar surface area (TPSA) is 61.0 Å². The second-order valence-corrected chi connectivity index (χ2v) is 5.09. The standard InChI is InChI=1S/C11H13N3OS/c12-11-14-10-9(16-11)5-8(6-13-10)7-1-3-15-4-2-7/h5-7H,1-4H2,(H2,12,13,14). The number of rotatable bonds is 1. The molecule has 0 amide bonds. The molecule has 2 N–H and O–H groups in total. The van der Waals surface area contributed by atoms with Crippen LogP contribution in [0.1, 0.15) is 24.3 Å². The summed E-state index contributed by atoms with van der Waals surface area (Å²) in [6.45, 7) is 1.71. The molecular weight excluding hydrogens is 222 g/mol. The second-order valence-electron chi connectivity index (χ2n) is 4.03. The molecule has 1 fully saturated rings. The lowest BCUT2D eigenvalue weighted by atomic mass is 9.93. The molecule has 0 aliphatic carbocycles.